The Morgan fingerprint density at radius 3 is 2.83 bits per heavy atom. The van der Waals surface area contributed by atoms with Gasteiger partial charge in [0.15, 0.2) is 0 Å². The summed E-state index contributed by atoms with van der Waals surface area (Å²) in [5, 5.41) is 9.31. The zero-order chi connectivity index (χ0) is 13.1. The summed E-state index contributed by atoms with van der Waals surface area (Å²) in [5.74, 6) is -0.857. The summed E-state index contributed by atoms with van der Waals surface area (Å²) in [4.78, 5) is 29.1. The molecule has 0 spiro atoms. The van der Waals surface area contributed by atoms with E-state index in [4.69, 9.17) is 4.74 Å². The van der Waals surface area contributed by atoms with Crippen molar-refractivity contribution < 1.29 is 19.4 Å². The number of rotatable bonds is 5. The van der Waals surface area contributed by atoms with E-state index < -0.39 is 17.9 Å². The van der Waals surface area contributed by atoms with Crippen LogP contribution in [-0.4, -0.2) is 53.2 Å². The molecule has 1 atom stereocenters. The highest BCUT2D eigenvalue weighted by Crippen LogP contribution is 2.23. The van der Waals surface area contributed by atoms with Gasteiger partial charge in [0.25, 0.3) is 11.8 Å². The maximum atomic E-state index is 12.1. The standard InChI is InChI=1S/C12H14N2O4/c1-18-6-4-8(7-15)14-11(16)9-3-2-5-13-10(9)12(14)17/h2-3,5,8,15H,4,6-7H2,1H3. The van der Waals surface area contributed by atoms with Gasteiger partial charge in [-0.2, -0.15) is 0 Å². The minimum absolute atomic E-state index is 0.151. The zero-order valence-corrected chi connectivity index (χ0v) is 10.00. The summed E-state index contributed by atoms with van der Waals surface area (Å²) in [7, 11) is 1.53. The monoisotopic (exact) mass is 250 g/mol. The molecule has 96 valence electrons. The molecule has 0 saturated carbocycles. The number of hydrogen-bond acceptors (Lipinski definition) is 5. The van der Waals surface area contributed by atoms with E-state index in [9.17, 15) is 14.7 Å². The Balaban J connectivity index is 2.26. The molecule has 0 fully saturated rings. The average molecular weight is 250 g/mol. The first kappa shape index (κ1) is 12.7. The van der Waals surface area contributed by atoms with Gasteiger partial charge in [-0.1, -0.05) is 0 Å². The number of aliphatic hydroxyl groups is 1. The number of amides is 2. The molecule has 2 amide bonds. The van der Waals surface area contributed by atoms with Crippen LogP contribution in [0.25, 0.3) is 0 Å². The van der Waals surface area contributed by atoms with Crippen LogP contribution in [0, 0.1) is 0 Å². The fourth-order valence-corrected chi connectivity index (χ4v) is 1.97. The van der Waals surface area contributed by atoms with Gasteiger partial charge in [0.1, 0.15) is 5.69 Å². The first-order valence-corrected chi connectivity index (χ1v) is 5.63. The minimum atomic E-state index is -0.570. The molecule has 6 heteroatoms. The fraction of sp³-hybridized carbons (Fsp3) is 0.417. The van der Waals surface area contributed by atoms with Gasteiger partial charge in [0.2, 0.25) is 0 Å². The quantitative estimate of drug-likeness (QED) is 0.748. The topological polar surface area (TPSA) is 79.7 Å². The molecule has 1 unspecified atom stereocenters. The summed E-state index contributed by atoms with van der Waals surface area (Å²) in [6, 6.07) is 2.60. The Labute approximate surface area is 104 Å². The van der Waals surface area contributed by atoms with E-state index in [0.717, 1.165) is 4.90 Å². The average Bonchev–Trinajstić information content (AvgIpc) is 2.65. The molecule has 1 aliphatic rings. The lowest BCUT2D eigenvalue weighted by atomic mass is 10.2. The summed E-state index contributed by atoms with van der Waals surface area (Å²) in [5.41, 5.74) is 0.441. The second-order valence-electron chi connectivity index (χ2n) is 4.00. The maximum absolute atomic E-state index is 12.1. The molecule has 0 bridgehead atoms. The second kappa shape index (κ2) is 5.24. The third-order valence-electron chi connectivity index (χ3n) is 2.91. The maximum Gasteiger partial charge on any atom is 0.280 e. The molecule has 6 nitrogen and oxygen atoms in total. The van der Waals surface area contributed by atoms with Crippen molar-refractivity contribution in [1.29, 1.82) is 0 Å². The molecule has 0 radical (unpaired) electrons. The van der Waals surface area contributed by atoms with Crippen LogP contribution in [0.5, 0.6) is 0 Å². The van der Waals surface area contributed by atoms with Crippen molar-refractivity contribution >= 4 is 11.8 Å². The van der Waals surface area contributed by atoms with Crippen LogP contribution in [-0.2, 0) is 4.74 Å². The summed E-state index contributed by atoms with van der Waals surface area (Å²) >= 11 is 0. The smallest absolute Gasteiger partial charge is 0.280 e. The first-order valence-electron chi connectivity index (χ1n) is 5.63. The Morgan fingerprint density at radius 1 is 1.44 bits per heavy atom. The van der Waals surface area contributed by atoms with E-state index in [0.29, 0.717) is 18.6 Å². The highest BCUT2D eigenvalue weighted by atomic mass is 16.5. The lowest BCUT2D eigenvalue weighted by molar-refractivity contribution is 0.0462. The van der Waals surface area contributed by atoms with E-state index in [1.165, 1.54) is 13.3 Å². The van der Waals surface area contributed by atoms with Crippen LogP contribution in [0.15, 0.2) is 18.3 Å². The van der Waals surface area contributed by atoms with Gasteiger partial charge in [0.05, 0.1) is 18.2 Å². The Bertz CT molecular complexity index is 440. The number of aliphatic hydroxyl groups excluding tert-OH is 1. The molecule has 0 aliphatic carbocycles. The van der Waals surface area contributed by atoms with Crippen LogP contribution in [0.4, 0.5) is 0 Å². The van der Waals surface area contributed by atoms with Crippen LogP contribution < -0.4 is 0 Å². The van der Waals surface area contributed by atoms with Gasteiger partial charge in [-0.3, -0.25) is 19.5 Å². The van der Waals surface area contributed by atoms with Crippen LogP contribution in [0.1, 0.15) is 27.3 Å². The third kappa shape index (κ3) is 2.00. The molecule has 2 heterocycles. The molecule has 0 aromatic carbocycles. The van der Waals surface area contributed by atoms with E-state index in [-0.39, 0.29) is 12.3 Å². The number of nitrogens with zero attached hydrogens (tertiary/aromatic N) is 2. The molecule has 1 aliphatic heterocycles. The van der Waals surface area contributed by atoms with Crippen LogP contribution >= 0.6 is 0 Å². The number of ether oxygens (including phenoxy) is 1. The van der Waals surface area contributed by atoms with Gasteiger partial charge in [0, 0.05) is 19.9 Å². The molecule has 0 saturated heterocycles. The number of methoxy groups -OCH3 is 1. The van der Waals surface area contributed by atoms with Crippen molar-refractivity contribution in [2.45, 2.75) is 12.5 Å². The first-order chi connectivity index (χ1) is 8.70. The van der Waals surface area contributed by atoms with Crippen LogP contribution in [0.3, 0.4) is 0 Å². The number of carbonyl (C=O) groups is 2. The third-order valence-corrected chi connectivity index (χ3v) is 2.91. The van der Waals surface area contributed by atoms with Crippen molar-refractivity contribution in [2.24, 2.45) is 0 Å². The normalized spacial score (nSPS) is 16.0. The Hall–Kier alpha value is -1.79. The van der Waals surface area contributed by atoms with E-state index in [2.05, 4.69) is 4.98 Å². The predicted octanol–water partition coefficient (Wildman–Crippen LogP) is 0.0750. The summed E-state index contributed by atoms with van der Waals surface area (Å²) < 4.78 is 4.91. The highest BCUT2D eigenvalue weighted by molar-refractivity contribution is 6.20. The van der Waals surface area contributed by atoms with E-state index in [1.54, 1.807) is 12.1 Å². The number of carbonyl (C=O) groups excluding carboxylic acids is 2. The van der Waals surface area contributed by atoms with Crippen molar-refractivity contribution in [3.63, 3.8) is 0 Å². The van der Waals surface area contributed by atoms with E-state index >= 15 is 0 Å². The fourth-order valence-electron chi connectivity index (χ4n) is 1.97. The summed E-state index contributed by atoms with van der Waals surface area (Å²) in [6.07, 6.45) is 1.87. The number of pyridine rings is 1. The largest absolute Gasteiger partial charge is 0.394 e. The molecule has 18 heavy (non-hydrogen) atoms. The zero-order valence-electron chi connectivity index (χ0n) is 10.00. The molecule has 2 rings (SSSR count). The molecule has 1 aromatic heterocycles. The van der Waals surface area contributed by atoms with Crippen molar-refractivity contribution in [3.8, 4) is 0 Å². The number of imide groups is 1. The lowest BCUT2D eigenvalue weighted by Crippen LogP contribution is -2.42. The Kier molecular flexibility index (Phi) is 3.69. The molecule has 1 N–H and O–H groups in total. The lowest BCUT2D eigenvalue weighted by Gasteiger charge is -2.23. The predicted molar refractivity (Wildman–Crippen MR) is 62.1 cm³/mol. The van der Waals surface area contributed by atoms with Crippen LogP contribution in [0.2, 0.25) is 0 Å². The van der Waals surface area contributed by atoms with Crippen molar-refractivity contribution in [3.05, 3.63) is 29.6 Å². The van der Waals surface area contributed by atoms with Gasteiger partial charge >= 0.3 is 0 Å². The SMILES string of the molecule is COCCC(CO)N1C(=O)c2cccnc2C1=O. The van der Waals surface area contributed by atoms with Gasteiger partial charge in [-0.25, -0.2) is 0 Å². The number of aromatic nitrogens is 1. The summed E-state index contributed by atoms with van der Waals surface area (Å²) in [6.45, 7) is 0.0842. The molecular formula is C12H14N2O4. The van der Waals surface area contributed by atoms with Crippen molar-refractivity contribution in [2.75, 3.05) is 20.3 Å². The number of fused-ring (bicyclic) bond motifs is 1. The minimum Gasteiger partial charge on any atom is -0.394 e. The Morgan fingerprint density at radius 2 is 2.22 bits per heavy atom. The molecule has 1 aromatic rings. The van der Waals surface area contributed by atoms with Gasteiger partial charge < -0.3 is 9.84 Å². The highest BCUT2D eigenvalue weighted by Gasteiger charge is 2.40. The van der Waals surface area contributed by atoms with Crippen molar-refractivity contribution in [1.82, 2.24) is 9.88 Å². The van der Waals surface area contributed by atoms with E-state index in [1.807, 2.05) is 0 Å². The van der Waals surface area contributed by atoms with Gasteiger partial charge in [-0.05, 0) is 18.6 Å². The molecular weight excluding hydrogens is 236 g/mol. The van der Waals surface area contributed by atoms with Gasteiger partial charge in [-0.15, -0.1) is 0 Å². The second-order valence-corrected chi connectivity index (χ2v) is 4.00. The number of hydrogen-bond donors (Lipinski definition) is 1.